The Bertz CT molecular complexity index is 320. The van der Waals surface area contributed by atoms with Crippen LogP contribution in [-0.2, 0) is 0 Å². The Morgan fingerprint density at radius 1 is 1.38 bits per heavy atom. The fourth-order valence-electron chi connectivity index (χ4n) is 1.86. The van der Waals surface area contributed by atoms with E-state index in [9.17, 15) is 0 Å². The molecule has 2 nitrogen and oxygen atoms in total. The summed E-state index contributed by atoms with van der Waals surface area (Å²) in [5.74, 6) is 0.936. The van der Waals surface area contributed by atoms with Crippen molar-refractivity contribution in [2.24, 2.45) is 5.73 Å². The Balaban J connectivity index is 2.43. The number of nitrogens with two attached hydrogens (primary N) is 1. The van der Waals surface area contributed by atoms with E-state index in [1.165, 1.54) is 0 Å². The Kier molecular flexibility index (Phi) is 1.81. The predicted molar refractivity (Wildman–Crippen MR) is 52.7 cm³/mol. The minimum Gasteiger partial charge on any atom is -0.487 e. The van der Waals surface area contributed by atoms with Gasteiger partial charge >= 0.3 is 0 Å². The van der Waals surface area contributed by atoms with Crippen molar-refractivity contribution >= 4 is 0 Å². The van der Waals surface area contributed by atoms with Gasteiger partial charge in [-0.05, 0) is 19.9 Å². The summed E-state index contributed by atoms with van der Waals surface area (Å²) < 4.78 is 5.81. The second-order valence-electron chi connectivity index (χ2n) is 4.21. The van der Waals surface area contributed by atoms with Gasteiger partial charge in [-0.25, -0.2) is 0 Å². The zero-order chi connectivity index (χ0) is 9.47. The van der Waals surface area contributed by atoms with Crippen LogP contribution in [0.15, 0.2) is 24.3 Å². The maximum absolute atomic E-state index is 6.04. The van der Waals surface area contributed by atoms with E-state index in [2.05, 4.69) is 13.8 Å². The topological polar surface area (TPSA) is 35.2 Å². The lowest BCUT2D eigenvalue weighted by atomic mass is 9.90. The summed E-state index contributed by atoms with van der Waals surface area (Å²) in [4.78, 5) is 0. The lowest BCUT2D eigenvalue weighted by molar-refractivity contribution is 0.0729. The molecule has 0 aromatic heterocycles. The number of para-hydroxylation sites is 1. The minimum atomic E-state index is -0.131. The second-order valence-corrected chi connectivity index (χ2v) is 4.21. The van der Waals surface area contributed by atoms with E-state index in [0.717, 1.165) is 17.7 Å². The Morgan fingerprint density at radius 3 is 2.85 bits per heavy atom. The lowest BCUT2D eigenvalue weighted by Crippen LogP contribution is -2.37. The van der Waals surface area contributed by atoms with Crippen LogP contribution in [0.2, 0.25) is 0 Å². The first-order chi connectivity index (χ1) is 6.08. The third-order valence-electron chi connectivity index (χ3n) is 2.42. The lowest BCUT2D eigenvalue weighted by Gasteiger charge is -2.35. The highest BCUT2D eigenvalue weighted by Crippen LogP contribution is 2.37. The van der Waals surface area contributed by atoms with E-state index in [0.29, 0.717) is 0 Å². The van der Waals surface area contributed by atoms with Gasteiger partial charge in [-0.3, -0.25) is 0 Å². The van der Waals surface area contributed by atoms with Crippen LogP contribution in [0.25, 0.3) is 0 Å². The molecule has 1 aliphatic heterocycles. The zero-order valence-corrected chi connectivity index (χ0v) is 8.08. The normalized spacial score (nSPS) is 24.7. The molecular formula is C11H15NO. The summed E-state index contributed by atoms with van der Waals surface area (Å²) in [6, 6.07) is 8.11. The Morgan fingerprint density at radius 2 is 2.08 bits per heavy atom. The molecule has 0 unspecified atom stereocenters. The quantitative estimate of drug-likeness (QED) is 0.659. The first-order valence-corrected chi connectivity index (χ1v) is 4.62. The average molecular weight is 177 g/mol. The standard InChI is InChI=1S/C11H15NO/c1-11(2)7-9(12)8-5-3-4-6-10(8)13-11/h3-6,9H,7,12H2,1-2H3/t9-/m0/s1. The van der Waals surface area contributed by atoms with Crippen LogP contribution in [0.4, 0.5) is 0 Å². The van der Waals surface area contributed by atoms with Crippen molar-refractivity contribution in [2.75, 3.05) is 0 Å². The van der Waals surface area contributed by atoms with Gasteiger partial charge < -0.3 is 10.5 Å². The highest BCUT2D eigenvalue weighted by molar-refractivity contribution is 5.38. The van der Waals surface area contributed by atoms with Gasteiger partial charge in [0.2, 0.25) is 0 Å². The smallest absolute Gasteiger partial charge is 0.124 e. The van der Waals surface area contributed by atoms with Gasteiger partial charge in [-0.15, -0.1) is 0 Å². The van der Waals surface area contributed by atoms with E-state index in [1.54, 1.807) is 0 Å². The van der Waals surface area contributed by atoms with Crippen LogP contribution in [-0.4, -0.2) is 5.60 Å². The molecule has 70 valence electrons. The molecule has 2 heteroatoms. The summed E-state index contributed by atoms with van der Waals surface area (Å²) in [6.07, 6.45) is 0.879. The predicted octanol–water partition coefficient (Wildman–Crippen LogP) is 2.25. The molecule has 2 rings (SSSR count). The maximum atomic E-state index is 6.04. The molecular weight excluding hydrogens is 162 g/mol. The van der Waals surface area contributed by atoms with Crippen molar-refractivity contribution in [3.63, 3.8) is 0 Å². The molecule has 1 atom stereocenters. The molecule has 0 bridgehead atoms. The molecule has 0 aliphatic carbocycles. The number of rotatable bonds is 0. The summed E-state index contributed by atoms with van der Waals surface area (Å²) >= 11 is 0. The molecule has 1 aliphatic rings. The third kappa shape index (κ3) is 1.54. The van der Waals surface area contributed by atoms with Gasteiger partial charge in [-0.1, -0.05) is 18.2 Å². The average Bonchev–Trinajstić information content (AvgIpc) is 2.02. The first-order valence-electron chi connectivity index (χ1n) is 4.62. The van der Waals surface area contributed by atoms with Crippen molar-refractivity contribution in [1.29, 1.82) is 0 Å². The molecule has 1 aromatic rings. The number of fused-ring (bicyclic) bond motifs is 1. The van der Waals surface area contributed by atoms with E-state index in [4.69, 9.17) is 10.5 Å². The number of benzene rings is 1. The molecule has 0 saturated heterocycles. The fourth-order valence-corrected chi connectivity index (χ4v) is 1.86. The van der Waals surface area contributed by atoms with Gasteiger partial charge in [0.1, 0.15) is 11.4 Å². The SMILES string of the molecule is CC1(C)C[C@H](N)c2ccccc2O1. The third-order valence-corrected chi connectivity index (χ3v) is 2.42. The summed E-state index contributed by atoms with van der Waals surface area (Å²) in [6.45, 7) is 4.14. The minimum absolute atomic E-state index is 0.111. The summed E-state index contributed by atoms with van der Waals surface area (Å²) in [5.41, 5.74) is 7.04. The highest BCUT2D eigenvalue weighted by atomic mass is 16.5. The van der Waals surface area contributed by atoms with Crippen molar-refractivity contribution in [2.45, 2.75) is 31.9 Å². The van der Waals surface area contributed by atoms with E-state index >= 15 is 0 Å². The van der Waals surface area contributed by atoms with E-state index < -0.39 is 0 Å². The molecule has 0 spiro atoms. The largest absolute Gasteiger partial charge is 0.487 e. The van der Waals surface area contributed by atoms with E-state index in [1.807, 2.05) is 24.3 Å². The molecule has 1 heterocycles. The van der Waals surface area contributed by atoms with Crippen molar-refractivity contribution in [3.05, 3.63) is 29.8 Å². The van der Waals surface area contributed by atoms with Crippen LogP contribution < -0.4 is 10.5 Å². The van der Waals surface area contributed by atoms with Crippen LogP contribution in [0.3, 0.4) is 0 Å². The van der Waals surface area contributed by atoms with Crippen LogP contribution in [0.1, 0.15) is 31.9 Å². The monoisotopic (exact) mass is 177 g/mol. The van der Waals surface area contributed by atoms with Crippen LogP contribution in [0.5, 0.6) is 5.75 Å². The summed E-state index contributed by atoms with van der Waals surface area (Å²) in [7, 11) is 0. The van der Waals surface area contributed by atoms with Crippen LogP contribution in [0, 0.1) is 0 Å². The number of hydrogen-bond donors (Lipinski definition) is 1. The van der Waals surface area contributed by atoms with E-state index in [-0.39, 0.29) is 11.6 Å². The van der Waals surface area contributed by atoms with Gasteiger partial charge in [0.25, 0.3) is 0 Å². The molecule has 1 aromatic carbocycles. The Labute approximate surface area is 78.7 Å². The second kappa shape index (κ2) is 2.74. The molecule has 0 radical (unpaired) electrons. The molecule has 13 heavy (non-hydrogen) atoms. The van der Waals surface area contributed by atoms with Gasteiger partial charge in [0.15, 0.2) is 0 Å². The molecule has 2 N–H and O–H groups in total. The van der Waals surface area contributed by atoms with Gasteiger partial charge in [0.05, 0.1) is 0 Å². The summed E-state index contributed by atoms with van der Waals surface area (Å²) in [5, 5.41) is 0. The van der Waals surface area contributed by atoms with Crippen molar-refractivity contribution < 1.29 is 4.74 Å². The maximum Gasteiger partial charge on any atom is 0.124 e. The first kappa shape index (κ1) is 8.57. The highest BCUT2D eigenvalue weighted by Gasteiger charge is 2.31. The van der Waals surface area contributed by atoms with Gasteiger partial charge in [0, 0.05) is 18.0 Å². The molecule has 0 saturated carbocycles. The van der Waals surface area contributed by atoms with Crippen molar-refractivity contribution in [1.82, 2.24) is 0 Å². The van der Waals surface area contributed by atoms with Crippen LogP contribution >= 0.6 is 0 Å². The number of ether oxygens (including phenoxy) is 1. The Hall–Kier alpha value is -1.02. The number of hydrogen-bond acceptors (Lipinski definition) is 2. The molecule has 0 fully saturated rings. The fraction of sp³-hybridized carbons (Fsp3) is 0.455. The zero-order valence-electron chi connectivity index (χ0n) is 8.08. The van der Waals surface area contributed by atoms with Crippen molar-refractivity contribution in [3.8, 4) is 5.75 Å². The molecule has 0 amide bonds. The van der Waals surface area contributed by atoms with Gasteiger partial charge in [-0.2, -0.15) is 0 Å².